The summed E-state index contributed by atoms with van der Waals surface area (Å²) in [5.74, 6) is 0.319. The van der Waals surface area contributed by atoms with Crippen LogP contribution in [0.4, 0.5) is 0 Å². The van der Waals surface area contributed by atoms with E-state index in [1.807, 2.05) is 0 Å². The summed E-state index contributed by atoms with van der Waals surface area (Å²) in [6, 6.07) is 2.62. The normalized spacial score (nSPS) is 15.0. The lowest BCUT2D eigenvalue weighted by Gasteiger charge is -2.14. The maximum Gasteiger partial charge on any atom is 0.0473 e. The Morgan fingerprint density at radius 1 is 1.44 bits per heavy atom. The smallest absolute Gasteiger partial charge is 0.0473 e. The van der Waals surface area contributed by atoms with Gasteiger partial charge in [-0.1, -0.05) is 20.8 Å². The Kier molecular flexibility index (Phi) is 5.56. The molecule has 1 aromatic heterocycles. The zero-order valence-corrected chi connectivity index (χ0v) is 10.6. The second-order valence-corrected chi connectivity index (χ2v) is 4.45. The maximum absolute atomic E-state index is 9.02. The van der Waals surface area contributed by atoms with Crippen molar-refractivity contribution in [1.29, 1.82) is 0 Å². The SMILES string of the molecule is CCNC(CC)c1ccn(CC(C)CO)c1. The lowest BCUT2D eigenvalue weighted by atomic mass is 10.1. The molecule has 0 aliphatic carbocycles. The van der Waals surface area contributed by atoms with Gasteiger partial charge in [-0.05, 0) is 30.5 Å². The third-order valence-electron chi connectivity index (χ3n) is 2.87. The third-order valence-corrected chi connectivity index (χ3v) is 2.87. The van der Waals surface area contributed by atoms with Gasteiger partial charge in [-0.25, -0.2) is 0 Å². The predicted octanol–water partition coefficient (Wildman–Crippen LogP) is 2.18. The lowest BCUT2D eigenvalue weighted by Crippen LogP contribution is -2.19. The van der Waals surface area contributed by atoms with Crippen molar-refractivity contribution >= 4 is 0 Å². The van der Waals surface area contributed by atoms with E-state index in [9.17, 15) is 0 Å². The molecule has 16 heavy (non-hydrogen) atoms. The molecule has 92 valence electrons. The number of hydrogen-bond acceptors (Lipinski definition) is 2. The molecule has 1 rings (SSSR count). The van der Waals surface area contributed by atoms with Crippen molar-refractivity contribution in [3.63, 3.8) is 0 Å². The average Bonchev–Trinajstić information content (AvgIpc) is 2.74. The van der Waals surface area contributed by atoms with E-state index in [1.165, 1.54) is 5.56 Å². The fraction of sp³-hybridized carbons (Fsp3) is 0.692. The van der Waals surface area contributed by atoms with E-state index >= 15 is 0 Å². The van der Waals surface area contributed by atoms with Gasteiger partial charge >= 0.3 is 0 Å². The molecule has 0 radical (unpaired) electrons. The summed E-state index contributed by atoms with van der Waals surface area (Å²) in [5, 5.41) is 12.5. The van der Waals surface area contributed by atoms with Crippen LogP contribution >= 0.6 is 0 Å². The van der Waals surface area contributed by atoms with Crippen molar-refractivity contribution < 1.29 is 5.11 Å². The summed E-state index contributed by atoms with van der Waals surface area (Å²) in [4.78, 5) is 0. The largest absolute Gasteiger partial charge is 0.396 e. The fourth-order valence-corrected chi connectivity index (χ4v) is 1.94. The molecular weight excluding hydrogens is 200 g/mol. The van der Waals surface area contributed by atoms with Crippen LogP contribution in [0, 0.1) is 5.92 Å². The van der Waals surface area contributed by atoms with Gasteiger partial charge in [0.1, 0.15) is 0 Å². The van der Waals surface area contributed by atoms with E-state index in [2.05, 4.69) is 49.1 Å². The number of aromatic nitrogens is 1. The zero-order chi connectivity index (χ0) is 12.0. The number of rotatable bonds is 7. The summed E-state index contributed by atoms with van der Waals surface area (Å²) in [5.41, 5.74) is 1.34. The van der Waals surface area contributed by atoms with Gasteiger partial charge in [0, 0.05) is 31.6 Å². The van der Waals surface area contributed by atoms with Crippen LogP contribution in [-0.4, -0.2) is 22.8 Å². The quantitative estimate of drug-likeness (QED) is 0.745. The van der Waals surface area contributed by atoms with Crippen molar-refractivity contribution in [2.75, 3.05) is 13.2 Å². The van der Waals surface area contributed by atoms with Crippen molar-refractivity contribution in [2.24, 2.45) is 5.92 Å². The lowest BCUT2D eigenvalue weighted by molar-refractivity contribution is 0.223. The Bertz CT molecular complexity index is 296. The summed E-state index contributed by atoms with van der Waals surface area (Å²) in [7, 11) is 0. The number of aliphatic hydroxyl groups excluding tert-OH is 1. The maximum atomic E-state index is 9.02. The average molecular weight is 224 g/mol. The monoisotopic (exact) mass is 224 g/mol. The summed E-state index contributed by atoms with van der Waals surface area (Å²) >= 11 is 0. The van der Waals surface area contributed by atoms with Gasteiger partial charge in [0.25, 0.3) is 0 Å². The molecule has 1 aromatic rings. The first kappa shape index (κ1) is 13.3. The minimum absolute atomic E-state index is 0.248. The van der Waals surface area contributed by atoms with Crippen LogP contribution in [0.15, 0.2) is 18.5 Å². The zero-order valence-electron chi connectivity index (χ0n) is 10.6. The predicted molar refractivity (Wildman–Crippen MR) is 67.4 cm³/mol. The van der Waals surface area contributed by atoms with Crippen molar-refractivity contribution in [3.8, 4) is 0 Å². The number of aliphatic hydroxyl groups is 1. The molecule has 0 aliphatic rings. The van der Waals surface area contributed by atoms with E-state index in [0.717, 1.165) is 19.5 Å². The molecule has 0 spiro atoms. The van der Waals surface area contributed by atoms with Crippen LogP contribution < -0.4 is 5.32 Å². The Balaban J connectivity index is 2.62. The molecule has 0 saturated heterocycles. The molecule has 0 aromatic carbocycles. The first-order chi connectivity index (χ1) is 7.71. The molecule has 2 unspecified atom stereocenters. The van der Waals surface area contributed by atoms with Gasteiger partial charge in [0.2, 0.25) is 0 Å². The van der Waals surface area contributed by atoms with E-state index < -0.39 is 0 Å². The van der Waals surface area contributed by atoms with Crippen LogP contribution in [0.3, 0.4) is 0 Å². The second-order valence-electron chi connectivity index (χ2n) is 4.45. The van der Waals surface area contributed by atoms with Gasteiger partial charge in [-0.15, -0.1) is 0 Å². The van der Waals surface area contributed by atoms with Gasteiger partial charge < -0.3 is 15.0 Å². The molecule has 0 fully saturated rings. The molecule has 1 heterocycles. The molecule has 3 heteroatoms. The highest BCUT2D eigenvalue weighted by Crippen LogP contribution is 2.17. The van der Waals surface area contributed by atoms with Crippen LogP contribution in [0.5, 0.6) is 0 Å². The summed E-state index contributed by atoms with van der Waals surface area (Å²) < 4.78 is 2.16. The second kappa shape index (κ2) is 6.71. The van der Waals surface area contributed by atoms with Gasteiger partial charge in [-0.2, -0.15) is 0 Å². The highest BCUT2D eigenvalue weighted by molar-refractivity contribution is 5.15. The van der Waals surface area contributed by atoms with Crippen molar-refractivity contribution in [2.45, 2.75) is 39.8 Å². The van der Waals surface area contributed by atoms with Crippen molar-refractivity contribution in [3.05, 3.63) is 24.0 Å². The van der Waals surface area contributed by atoms with E-state index in [-0.39, 0.29) is 6.61 Å². The molecule has 3 nitrogen and oxygen atoms in total. The molecule has 0 bridgehead atoms. The highest BCUT2D eigenvalue weighted by atomic mass is 16.3. The molecule has 0 aliphatic heterocycles. The van der Waals surface area contributed by atoms with E-state index in [0.29, 0.717) is 12.0 Å². The van der Waals surface area contributed by atoms with Crippen LogP contribution in [0.25, 0.3) is 0 Å². The standard InChI is InChI=1S/C13H24N2O/c1-4-13(14-5-2)12-6-7-15(9-12)8-11(3)10-16/h6-7,9,11,13-14,16H,4-5,8,10H2,1-3H3. The number of nitrogens with one attached hydrogen (secondary N) is 1. The minimum atomic E-state index is 0.248. The summed E-state index contributed by atoms with van der Waals surface area (Å²) in [6.07, 6.45) is 5.39. The number of nitrogens with zero attached hydrogens (tertiary/aromatic N) is 1. The summed E-state index contributed by atoms with van der Waals surface area (Å²) in [6.45, 7) is 8.52. The Hall–Kier alpha value is -0.800. The Morgan fingerprint density at radius 3 is 2.75 bits per heavy atom. The highest BCUT2D eigenvalue weighted by Gasteiger charge is 2.09. The van der Waals surface area contributed by atoms with Gasteiger partial charge in [0.05, 0.1) is 0 Å². The first-order valence-electron chi connectivity index (χ1n) is 6.21. The molecule has 0 saturated carbocycles. The Labute approximate surface area is 98.5 Å². The molecular formula is C13H24N2O. The van der Waals surface area contributed by atoms with E-state index in [4.69, 9.17) is 5.11 Å². The molecule has 2 N–H and O–H groups in total. The Morgan fingerprint density at radius 2 is 2.19 bits per heavy atom. The van der Waals surface area contributed by atoms with Crippen LogP contribution in [-0.2, 0) is 6.54 Å². The molecule has 0 amide bonds. The minimum Gasteiger partial charge on any atom is -0.396 e. The van der Waals surface area contributed by atoms with Crippen LogP contribution in [0.1, 0.15) is 38.8 Å². The fourth-order valence-electron chi connectivity index (χ4n) is 1.94. The molecule has 2 atom stereocenters. The topological polar surface area (TPSA) is 37.2 Å². The third kappa shape index (κ3) is 3.65. The number of hydrogen-bond donors (Lipinski definition) is 2. The van der Waals surface area contributed by atoms with Gasteiger partial charge in [0.15, 0.2) is 0 Å². The van der Waals surface area contributed by atoms with E-state index in [1.54, 1.807) is 0 Å². The van der Waals surface area contributed by atoms with Gasteiger partial charge in [-0.3, -0.25) is 0 Å². The van der Waals surface area contributed by atoms with Crippen LogP contribution in [0.2, 0.25) is 0 Å². The van der Waals surface area contributed by atoms with Crippen molar-refractivity contribution in [1.82, 2.24) is 9.88 Å². The first-order valence-corrected chi connectivity index (χ1v) is 6.21.